The van der Waals surface area contributed by atoms with Gasteiger partial charge in [-0.15, -0.1) is 0 Å². The second-order valence-electron chi connectivity index (χ2n) is 3.08. The van der Waals surface area contributed by atoms with Crippen LogP contribution >= 0.6 is 11.8 Å². The average molecular weight is 235 g/mol. The van der Waals surface area contributed by atoms with Gasteiger partial charge in [0.25, 0.3) is 0 Å². The van der Waals surface area contributed by atoms with Crippen LogP contribution in [0.1, 0.15) is 0 Å². The fourth-order valence-corrected chi connectivity index (χ4v) is 1.85. The number of benzene rings is 1. The molecular formula is C10H9N3O2S. The van der Waals surface area contributed by atoms with Crippen molar-refractivity contribution in [3.05, 3.63) is 29.7 Å². The van der Waals surface area contributed by atoms with Crippen LogP contribution in [0.2, 0.25) is 0 Å². The van der Waals surface area contributed by atoms with Gasteiger partial charge in [0.15, 0.2) is 5.16 Å². The summed E-state index contributed by atoms with van der Waals surface area (Å²) in [7, 11) is 0. The SMILES string of the molecule is Nc1ccc2nc(S/C=C/C(=O)O)[nH]c2c1. The van der Waals surface area contributed by atoms with Gasteiger partial charge < -0.3 is 15.8 Å². The number of nitrogens with one attached hydrogen (secondary N) is 1. The van der Waals surface area contributed by atoms with Gasteiger partial charge in [-0.1, -0.05) is 11.8 Å². The van der Waals surface area contributed by atoms with Crippen LogP contribution in [0, 0.1) is 0 Å². The second-order valence-corrected chi connectivity index (χ2v) is 3.97. The van der Waals surface area contributed by atoms with Crippen LogP contribution in [0.3, 0.4) is 0 Å². The number of carboxylic acids is 1. The summed E-state index contributed by atoms with van der Waals surface area (Å²) >= 11 is 1.21. The van der Waals surface area contributed by atoms with E-state index in [2.05, 4.69) is 9.97 Å². The maximum Gasteiger partial charge on any atom is 0.328 e. The highest BCUT2D eigenvalue weighted by molar-refractivity contribution is 8.02. The zero-order chi connectivity index (χ0) is 11.5. The first-order chi connectivity index (χ1) is 7.65. The van der Waals surface area contributed by atoms with Crippen molar-refractivity contribution in [2.75, 3.05) is 5.73 Å². The van der Waals surface area contributed by atoms with Gasteiger partial charge in [-0.25, -0.2) is 9.78 Å². The molecule has 0 aliphatic carbocycles. The van der Waals surface area contributed by atoms with E-state index in [1.165, 1.54) is 17.2 Å². The number of H-pyrrole nitrogens is 1. The number of imidazole rings is 1. The first-order valence-electron chi connectivity index (χ1n) is 4.46. The number of thioether (sulfide) groups is 1. The number of fused-ring (bicyclic) bond motifs is 1. The number of nitrogen functional groups attached to an aromatic ring is 1. The van der Waals surface area contributed by atoms with Gasteiger partial charge in [0.1, 0.15) is 0 Å². The van der Waals surface area contributed by atoms with E-state index in [0.717, 1.165) is 17.1 Å². The lowest BCUT2D eigenvalue weighted by Crippen LogP contribution is -1.84. The number of aromatic amines is 1. The van der Waals surface area contributed by atoms with Gasteiger partial charge >= 0.3 is 5.97 Å². The van der Waals surface area contributed by atoms with E-state index in [1.807, 2.05) is 6.07 Å². The second kappa shape index (κ2) is 4.28. The Kier molecular flexibility index (Phi) is 2.82. The Bertz CT molecular complexity index is 562. The number of carboxylic acid groups (broad SMARTS) is 1. The summed E-state index contributed by atoms with van der Waals surface area (Å²) in [5, 5.41) is 10.5. The summed E-state index contributed by atoms with van der Waals surface area (Å²) in [6.07, 6.45) is 1.06. The number of hydrogen-bond acceptors (Lipinski definition) is 4. The standard InChI is InChI=1S/C10H9N3O2S/c11-6-1-2-7-8(5-6)13-10(12-7)16-4-3-9(14)15/h1-5H,11H2,(H,12,13)(H,14,15)/b4-3+. The lowest BCUT2D eigenvalue weighted by Gasteiger charge is -1.89. The molecule has 2 rings (SSSR count). The zero-order valence-electron chi connectivity index (χ0n) is 8.18. The number of aliphatic carboxylic acids is 1. The molecule has 0 aliphatic heterocycles. The monoisotopic (exact) mass is 235 g/mol. The molecule has 0 saturated heterocycles. The van der Waals surface area contributed by atoms with E-state index in [-0.39, 0.29) is 0 Å². The summed E-state index contributed by atoms with van der Waals surface area (Å²) < 4.78 is 0. The first-order valence-corrected chi connectivity index (χ1v) is 5.34. The Morgan fingerprint density at radius 2 is 2.38 bits per heavy atom. The van der Waals surface area contributed by atoms with E-state index in [4.69, 9.17) is 10.8 Å². The van der Waals surface area contributed by atoms with Crippen LogP contribution in [0.4, 0.5) is 5.69 Å². The Labute approximate surface area is 95.4 Å². The third kappa shape index (κ3) is 2.34. The van der Waals surface area contributed by atoms with Crippen molar-refractivity contribution in [3.63, 3.8) is 0 Å². The van der Waals surface area contributed by atoms with Crippen LogP contribution in [0.25, 0.3) is 11.0 Å². The molecular weight excluding hydrogens is 226 g/mol. The first kappa shape index (κ1) is 10.6. The average Bonchev–Trinajstić information content (AvgIpc) is 2.58. The number of nitrogens with two attached hydrogens (primary N) is 1. The van der Waals surface area contributed by atoms with E-state index < -0.39 is 5.97 Å². The molecule has 1 aromatic carbocycles. The molecule has 5 nitrogen and oxygen atoms in total. The van der Waals surface area contributed by atoms with Crippen LogP contribution in [0.5, 0.6) is 0 Å². The highest BCUT2D eigenvalue weighted by Crippen LogP contribution is 2.21. The molecule has 0 aliphatic rings. The van der Waals surface area contributed by atoms with Gasteiger partial charge in [0, 0.05) is 11.8 Å². The van der Waals surface area contributed by atoms with Gasteiger partial charge in [0.05, 0.1) is 11.0 Å². The Hall–Kier alpha value is -1.95. The molecule has 0 bridgehead atoms. The smallest absolute Gasteiger partial charge is 0.328 e. The Morgan fingerprint density at radius 3 is 3.12 bits per heavy atom. The minimum atomic E-state index is -0.979. The molecule has 16 heavy (non-hydrogen) atoms. The molecule has 2 aromatic rings. The predicted molar refractivity (Wildman–Crippen MR) is 63.1 cm³/mol. The van der Waals surface area contributed by atoms with Gasteiger partial charge in [-0.2, -0.15) is 0 Å². The van der Waals surface area contributed by atoms with Crippen LogP contribution in [0.15, 0.2) is 34.8 Å². The van der Waals surface area contributed by atoms with Crippen LogP contribution in [-0.4, -0.2) is 21.0 Å². The molecule has 0 saturated carbocycles. The third-order valence-corrected chi connectivity index (χ3v) is 2.56. The minimum Gasteiger partial charge on any atom is -0.478 e. The van der Waals surface area contributed by atoms with Gasteiger partial charge in [-0.05, 0) is 23.6 Å². The number of anilines is 1. The zero-order valence-corrected chi connectivity index (χ0v) is 8.99. The van der Waals surface area contributed by atoms with E-state index >= 15 is 0 Å². The number of carbonyl (C=O) groups is 1. The molecule has 0 amide bonds. The normalized spacial score (nSPS) is 11.2. The molecule has 82 valence electrons. The molecule has 4 N–H and O–H groups in total. The summed E-state index contributed by atoms with van der Waals surface area (Å²) in [4.78, 5) is 17.6. The van der Waals surface area contributed by atoms with Crippen LogP contribution < -0.4 is 5.73 Å². The van der Waals surface area contributed by atoms with E-state index in [1.54, 1.807) is 12.1 Å². The molecule has 1 aromatic heterocycles. The lowest BCUT2D eigenvalue weighted by molar-refractivity contribution is -0.131. The quantitative estimate of drug-likeness (QED) is 0.429. The van der Waals surface area contributed by atoms with Gasteiger partial charge in [0.2, 0.25) is 0 Å². The maximum absolute atomic E-state index is 10.3. The van der Waals surface area contributed by atoms with Crippen molar-refractivity contribution in [2.45, 2.75) is 5.16 Å². The summed E-state index contributed by atoms with van der Waals surface area (Å²) in [6.45, 7) is 0. The van der Waals surface area contributed by atoms with E-state index in [9.17, 15) is 4.79 Å². The molecule has 0 fully saturated rings. The van der Waals surface area contributed by atoms with Crippen LogP contribution in [-0.2, 0) is 4.79 Å². The number of aromatic nitrogens is 2. The molecule has 0 radical (unpaired) electrons. The summed E-state index contributed by atoms with van der Waals surface area (Å²) in [5.41, 5.74) is 7.93. The fraction of sp³-hybridized carbons (Fsp3) is 0. The highest BCUT2D eigenvalue weighted by Gasteiger charge is 2.01. The fourth-order valence-electron chi connectivity index (χ4n) is 1.22. The molecule has 6 heteroatoms. The number of rotatable bonds is 3. The molecule has 1 heterocycles. The highest BCUT2D eigenvalue weighted by atomic mass is 32.2. The van der Waals surface area contributed by atoms with Crippen molar-refractivity contribution in [3.8, 4) is 0 Å². The Morgan fingerprint density at radius 1 is 1.56 bits per heavy atom. The lowest BCUT2D eigenvalue weighted by atomic mass is 10.3. The van der Waals surface area contributed by atoms with Crippen molar-refractivity contribution in [1.82, 2.24) is 9.97 Å². The van der Waals surface area contributed by atoms with Gasteiger partial charge in [-0.3, -0.25) is 0 Å². The van der Waals surface area contributed by atoms with Crippen molar-refractivity contribution >= 4 is 34.5 Å². The number of hydrogen-bond donors (Lipinski definition) is 3. The minimum absolute atomic E-state index is 0.637. The third-order valence-electron chi connectivity index (χ3n) is 1.87. The Balaban J connectivity index is 2.23. The largest absolute Gasteiger partial charge is 0.478 e. The molecule has 0 unspecified atom stereocenters. The van der Waals surface area contributed by atoms with E-state index in [0.29, 0.717) is 10.8 Å². The van der Waals surface area contributed by atoms with Crippen molar-refractivity contribution in [1.29, 1.82) is 0 Å². The molecule has 0 spiro atoms. The number of nitrogens with zero attached hydrogens (tertiary/aromatic N) is 1. The maximum atomic E-state index is 10.3. The summed E-state index contributed by atoms with van der Waals surface area (Å²) in [5.74, 6) is -0.979. The predicted octanol–water partition coefficient (Wildman–Crippen LogP) is 1.84. The van der Waals surface area contributed by atoms with Crippen molar-refractivity contribution < 1.29 is 9.90 Å². The molecule has 0 atom stereocenters. The topological polar surface area (TPSA) is 92.0 Å². The van der Waals surface area contributed by atoms with Crippen molar-refractivity contribution in [2.24, 2.45) is 0 Å². The summed E-state index contributed by atoms with van der Waals surface area (Å²) in [6, 6.07) is 5.37.